The van der Waals surface area contributed by atoms with Crippen molar-refractivity contribution in [1.29, 1.82) is 0 Å². The summed E-state index contributed by atoms with van der Waals surface area (Å²) >= 11 is 0. The highest BCUT2D eigenvalue weighted by Gasteiger charge is 2.30. The number of phosphoric acid groups is 2. The topological polar surface area (TPSA) is 237 Å². The zero-order chi connectivity index (χ0) is 74.4. The standard InChI is InChI=1S/C82H160O17P2/c1-8-10-11-12-13-42-49-56-63-79(84)92-69-77(98-82(87)66-59-52-45-38-32-31-34-40-47-54-61-74(5)6)71-96-100(88,89)94-67-76(83)68-95-101(90,91)97-72-78(70-93-80(85)64-57-50-43-36-29-25-22-18-19-23-27-33-39-46-53-60-73(3)4)99-81(86)65-58-51-44-37-30-26-21-17-15-14-16-20-24-28-35-41-48-55-62-75(7)9-2/h73-78,83H,8-72H2,1-7H3,(H,88,89)(H,90,91)/t75?,76-,77+,78+/m0/s1. The molecule has 19 heteroatoms. The molecule has 0 radical (unpaired) electrons. The van der Waals surface area contributed by atoms with Crippen LogP contribution in [0.15, 0.2) is 0 Å². The average Bonchev–Trinajstić information content (AvgIpc) is 0.931. The van der Waals surface area contributed by atoms with Crippen molar-refractivity contribution in [2.45, 2.75) is 446 Å². The fraction of sp³-hybridized carbons (Fsp3) is 0.951. The maximum absolute atomic E-state index is 13.1. The minimum atomic E-state index is -4.96. The molecule has 0 aromatic carbocycles. The first-order chi connectivity index (χ1) is 48.8. The van der Waals surface area contributed by atoms with E-state index in [1.54, 1.807) is 0 Å². The van der Waals surface area contributed by atoms with E-state index in [-0.39, 0.29) is 25.7 Å². The van der Waals surface area contributed by atoms with Gasteiger partial charge in [0, 0.05) is 25.7 Å². The maximum Gasteiger partial charge on any atom is 0.472 e. The number of hydrogen-bond acceptors (Lipinski definition) is 15. The van der Waals surface area contributed by atoms with E-state index in [0.717, 1.165) is 114 Å². The number of carbonyl (C=O) groups is 4. The van der Waals surface area contributed by atoms with E-state index in [1.807, 2.05) is 0 Å². The van der Waals surface area contributed by atoms with Crippen LogP contribution in [-0.4, -0.2) is 96.7 Å². The number of phosphoric ester groups is 2. The van der Waals surface area contributed by atoms with Crippen molar-refractivity contribution >= 4 is 39.5 Å². The second kappa shape index (κ2) is 72.3. The predicted octanol–water partition coefficient (Wildman–Crippen LogP) is 24.5. The molecule has 101 heavy (non-hydrogen) atoms. The van der Waals surface area contributed by atoms with E-state index in [4.69, 9.17) is 37.0 Å². The van der Waals surface area contributed by atoms with Gasteiger partial charge in [-0.25, -0.2) is 9.13 Å². The molecule has 6 atom stereocenters. The Balaban J connectivity index is 5.19. The lowest BCUT2D eigenvalue weighted by atomic mass is 9.99. The highest BCUT2D eigenvalue weighted by atomic mass is 31.2. The van der Waals surface area contributed by atoms with E-state index < -0.39 is 97.5 Å². The second-order valence-electron chi connectivity index (χ2n) is 30.7. The Labute approximate surface area is 619 Å². The smallest absolute Gasteiger partial charge is 0.462 e. The minimum Gasteiger partial charge on any atom is -0.462 e. The lowest BCUT2D eigenvalue weighted by Crippen LogP contribution is -2.30. The number of unbranched alkanes of at least 4 members (excludes halogenated alkanes) is 47. The molecule has 0 aliphatic carbocycles. The van der Waals surface area contributed by atoms with Crippen LogP contribution in [0.3, 0.4) is 0 Å². The van der Waals surface area contributed by atoms with Gasteiger partial charge in [0.15, 0.2) is 12.2 Å². The molecular formula is C82H160O17P2. The van der Waals surface area contributed by atoms with E-state index in [9.17, 15) is 43.2 Å². The largest absolute Gasteiger partial charge is 0.472 e. The Kier molecular flexibility index (Phi) is 70.9. The van der Waals surface area contributed by atoms with E-state index >= 15 is 0 Å². The molecule has 3 unspecified atom stereocenters. The van der Waals surface area contributed by atoms with E-state index in [0.29, 0.717) is 25.7 Å². The fourth-order valence-electron chi connectivity index (χ4n) is 12.6. The molecule has 17 nitrogen and oxygen atoms in total. The van der Waals surface area contributed by atoms with Gasteiger partial charge in [-0.05, 0) is 43.4 Å². The van der Waals surface area contributed by atoms with Crippen molar-refractivity contribution < 1.29 is 80.2 Å². The van der Waals surface area contributed by atoms with Crippen molar-refractivity contribution in [2.24, 2.45) is 17.8 Å². The van der Waals surface area contributed by atoms with Gasteiger partial charge in [-0.15, -0.1) is 0 Å². The Bertz CT molecular complexity index is 1960. The first kappa shape index (κ1) is 99.1. The summed E-state index contributed by atoms with van der Waals surface area (Å²) < 4.78 is 68.6. The summed E-state index contributed by atoms with van der Waals surface area (Å²) in [4.78, 5) is 72.9. The van der Waals surface area contributed by atoms with Crippen LogP contribution in [0.25, 0.3) is 0 Å². The molecule has 3 N–H and O–H groups in total. The Morgan fingerprint density at radius 1 is 0.287 bits per heavy atom. The zero-order valence-corrected chi connectivity index (χ0v) is 68.2. The second-order valence-corrected chi connectivity index (χ2v) is 33.6. The van der Waals surface area contributed by atoms with Crippen LogP contribution in [-0.2, 0) is 65.4 Å². The number of rotatable bonds is 80. The summed E-state index contributed by atoms with van der Waals surface area (Å²) in [7, 11) is -9.92. The fourth-order valence-corrected chi connectivity index (χ4v) is 14.2. The highest BCUT2D eigenvalue weighted by molar-refractivity contribution is 7.47. The summed E-state index contributed by atoms with van der Waals surface area (Å²) in [5.74, 6) is 0.317. The van der Waals surface area contributed by atoms with Crippen LogP contribution in [0.5, 0.6) is 0 Å². The summed E-state index contributed by atoms with van der Waals surface area (Å²) in [5.41, 5.74) is 0. The number of ether oxygens (including phenoxy) is 4. The molecule has 0 aromatic rings. The molecule has 0 spiro atoms. The molecule has 0 saturated carbocycles. The quantitative estimate of drug-likeness (QED) is 0.0222. The van der Waals surface area contributed by atoms with Gasteiger partial charge in [0.25, 0.3) is 0 Å². The molecule has 0 heterocycles. The van der Waals surface area contributed by atoms with Crippen molar-refractivity contribution in [1.82, 2.24) is 0 Å². The number of aliphatic hydroxyl groups excluding tert-OH is 1. The molecule has 0 aliphatic rings. The van der Waals surface area contributed by atoms with Crippen LogP contribution in [0.1, 0.15) is 427 Å². The van der Waals surface area contributed by atoms with Gasteiger partial charge in [-0.1, -0.05) is 376 Å². The highest BCUT2D eigenvalue weighted by Crippen LogP contribution is 2.45. The lowest BCUT2D eigenvalue weighted by Gasteiger charge is -2.21. The molecular weight excluding hydrogens is 1320 g/mol. The van der Waals surface area contributed by atoms with Crippen molar-refractivity contribution in [2.75, 3.05) is 39.6 Å². The summed E-state index contributed by atoms with van der Waals surface area (Å²) in [5, 5.41) is 10.6. The summed E-state index contributed by atoms with van der Waals surface area (Å²) in [6.07, 6.45) is 61.2. The Morgan fingerprint density at radius 2 is 0.505 bits per heavy atom. The first-order valence-electron chi connectivity index (χ1n) is 42.4. The van der Waals surface area contributed by atoms with E-state index in [2.05, 4.69) is 48.5 Å². The summed E-state index contributed by atoms with van der Waals surface area (Å²) in [6, 6.07) is 0. The van der Waals surface area contributed by atoms with Crippen LogP contribution in [0.4, 0.5) is 0 Å². The minimum absolute atomic E-state index is 0.106. The van der Waals surface area contributed by atoms with Crippen LogP contribution in [0.2, 0.25) is 0 Å². The van der Waals surface area contributed by atoms with Gasteiger partial charge < -0.3 is 33.8 Å². The number of aliphatic hydroxyl groups is 1. The maximum atomic E-state index is 13.1. The van der Waals surface area contributed by atoms with E-state index in [1.165, 1.54) is 231 Å². The van der Waals surface area contributed by atoms with Crippen LogP contribution >= 0.6 is 15.6 Å². The predicted molar refractivity (Wildman–Crippen MR) is 414 cm³/mol. The molecule has 0 rings (SSSR count). The van der Waals surface area contributed by atoms with Gasteiger partial charge >= 0.3 is 39.5 Å². The Morgan fingerprint density at radius 3 is 0.752 bits per heavy atom. The van der Waals surface area contributed by atoms with Crippen molar-refractivity contribution in [3.63, 3.8) is 0 Å². The van der Waals surface area contributed by atoms with Crippen LogP contribution < -0.4 is 0 Å². The van der Waals surface area contributed by atoms with Gasteiger partial charge in [0.1, 0.15) is 19.3 Å². The molecule has 0 aliphatic heterocycles. The average molecular weight is 1480 g/mol. The number of hydrogen-bond donors (Lipinski definition) is 3. The zero-order valence-electron chi connectivity index (χ0n) is 66.4. The third kappa shape index (κ3) is 74.7. The van der Waals surface area contributed by atoms with Gasteiger partial charge in [-0.3, -0.25) is 37.3 Å². The Hall–Kier alpha value is -1.94. The molecule has 600 valence electrons. The van der Waals surface area contributed by atoms with Crippen molar-refractivity contribution in [3.05, 3.63) is 0 Å². The van der Waals surface area contributed by atoms with Crippen molar-refractivity contribution in [3.8, 4) is 0 Å². The normalized spacial score (nSPS) is 14.2. The molecule has 0 amide bonds. The third-order valence-electron chi connectivity index (χ3n) is 19.5. The molecule has 0 bridgehead atoms. The number of carbonyl (C=O) groups excluding carboxylic acids is 4. The van der Waals surface area contributed by atoms with Gasteiger partial charge in [-0.2, -0.15) is 0 Å². The third-order valence-corrected chi connectivity index (χ3v) is 21.4. The first-order valence-corrected chi connectivity index (χ1v) is 45.4. The number of esters is 4. The van der Waals surface area contributed by atoms with Gasteiger partial charge in [0.05, 0.1) is 26.4 Å². The molecule has 0 saturated heterocycles. The SMILES string of the molecule is CCCCCCCCCCC(=O)OC[C@H](COP(=O)(O)OC[C@H](O)COP(=O)(O)OC[C@@H](COC(=O)CCCCCCCCCCCCCCCCCC(C)C)OC(=O)CCCCCCCCCCCCCCCCCCCCC(C)CC)OC(=O)CCCCCCCCCCCCC(C)C. The van der Waals surface area contributed by atoms with Crippen LogP contribution in [0, 0.1) is 17.8 Å². The lowest BCUT2D eigenvalue weighted by molar-refractivity contribution is -0.161. The molecule has 0 fully saturated rings. The van der Waals surface area contributed by atoms with Gasteiger partial charge in [0.2, 0.25) is 0 Å². The molecule has 0 aromatic heterocycles. The summed E-state index contributed by atoms with van der Waals surface area (Å²) in [6.45, 7) is 12.0. The monoisotopic (exact) mass is 1480 g/mol.